The van der Waals surface area contributed by atoms with Crippen molar-refractivity contribution < 1.29 is 0 Å². The van der Waals surface area contributed by atoms with E-state index in [9.17, 15) is 0 Å². The minimum atomic E-state index is 0.106. The molecule has 11 aromatic carbocycles. The normalized spacial score (nSPS) is 12.7. The molecule has 0 aliphatic heterocycles. The molecule has 278 valence electrons. The average molecular weight is 743 g/mol. The summed E-state index contributed by atoms with van der Waals surface area (Å²) in [7, 11) is 0. The Bertz CT molecular complexity index is 3080. The molecule has 0 N–H and O–H groups in total. The van der Waals surface area contributed by atoms with Crippen molar-refractivity contribution in [2.75, 3.05) is 0 Å². The molecule has 0 fully saturated rings. The van der Waals surface area contributed by atoms with Gasteiger partial charge < -0.3 is 0 Å². The number of benzene rings is 11. The number of rotatable bonds is 4. The van der Waals surface area contributed by atoms with Crippen molar-refractivity contribution in [2.45, 2.75) is 52.4 Å². The van der Waals surface area contributed by atoms with Crippen molar-refractivity contribution in [1.29, 1.82) is 0 Å². The van der Waals surface area contributed by atoms with Crippen LogP contribution in [-0.4, -0.2) is 0 Å². The van der Waals surface area contributed by atoms with E-state index in [0.29, 0.717) is 0 Å². The molecule has 0 nitrogen and oxygen atoms in total. The lowest BCUT2D eigenvalue weighted by Crippen LogP contribution is -2.10. The standard InChI is InChI=1S/C58H46/c1-57(2,3)47-31-43-21-19-41-23-27-49(51-29-25-45(33-47)53(43)55(41)51)39-15-11-37(12-16-39)35-7-9-36(10-8-35)38-13-17-40(18-14-38)50-28-24-42-20-22-44-32-48(58(4,5)6)34-46-26-30-52(50)56(42)54(44)46/h7-34H,1-6H3. The van der Waals surface area contributed by atoms with E-state index in [0.717, 1.165) is 0 Å². The van der Waals surface area contributed by atoms with Crippen LogP contribution in [0.15, 0.2) is 170 Å². The first-order valence-electron chi connectivity index (χ1n) is 20.7. The zero-order chi connectivity index (χ0) is 39.5. The maximum absolute atomic E-state index is 2.39. The molecule has 0 unspecified atom stereocenters. The summed E-state index contributed by atoms with van der Waals surface area (Å²) in [6, 6.07) is 64.5. The molecule has 0 atom stereocenters. The second-order valence-corrected chi connectivity index (χ2v) is 18.6. The number of hydrogen-bond donors (Lipinski definition) is 0. The summed E-state index contributed by atoms with van der Waals surface area (Å²) in [6.07, 6.45) is 0. The van der Waals surface area contributed by atoms with Crippen molar-refractivity contribution in [1.82, 2.24) is 0 Å². The van der Waals surface area contributed by atoms with Gasteiger partial charge in [-0.15, -0.1) is 0 Å². The van der Waals surface area contributed by atoms with Gasteiger partial charge in [-0.2, -0.15) is 0 Å². The molecule has 11 rings (SSSR count). The molecule has 0 aliphatic carbocycles. The van der Waals surface area contributed by atoms with Crippen LogP contribution in [0.25, 0.3) is 109 Å². The monoisotopic (exact) mass is 742 g/mol. The van der Waals surface area contributed by atoms with Gasteiger partial charge in [-0.25, -0.2) is 0 Å². The summed E-state index contributed by atoms with van der Waals surface area (Å²) in [5.41, 5.74) is 12.9. The van der Waals surface area contributed by atoms with Gasteiger partial charge in [0.05, 0.1) is 0 Å². The van der Waals surface area contributed by atoms with Gasteiger partial charge in [0.1, 0.15) is 0 Å². The van der Waals surface area contributed by atoms with Gasteiger partial charge >= 0.3 is 0 Å². The van der Waals surface area contributed by atoms with Crippen molar-refractivity contribution in [3.63, 3.8) is 0 Å². The fourth-order valence-corrected chi connectivity index (χ4v) is 9.55. The quantitative estimate of drug-likeness (QED) is 0.158. The Balaban J connectivity index is 0.874. The van der Waals surface area contributed by atoms with E-state index >= 15 is 0 Å². The molecule has 0 spiro atoms. The Kier molecular flexibility index (Phi) is 7.48. The van der Waals surface area contributed by atoms with Crippen LogP contribution in [0, 0.1) is 0 Å². The molecule has 0 saturated carbocycles. The lowest BCUT2D eigenvalue weighted by Gasteiger charge is -2.22. The molecule has 0 aromatic heterocycles. The van der Waals surface area contributed by atoms with E-state index in [1.165, 1.54) is 120 Å². The van der Waals surface area contributed by atoms with Crippen LogP contribution in [-0.2, 0) is 10.8 Å². The molecular formula is C58H46. The molecule has 0 heteroatoms. The van der Waals surface area contributed by atoms with Gasteiger partial charge in [0.2, 0.25) is 0 Å². The smallest absolute Gasteiger partial charge is 0.00206 e. The molecule has 0 radical (unpaired) electrons. The third kappa shape index (κ3) is 5.50. The third-order valence-electron chi connectivity index (χ3n) is 12.9. The minimum Gasteiger partial charge on any atom is -0.0561 e. The van der Waals surface area contributed by atoms with E-state index in [1.807, 2.05) is 0 Å². The summed E-state index contributed by atoms with van der Waals surface area (Å²) < 4.78 is 0. The summed E-state index contributed by atoms with van der Waals surface area (Å²) in [5, 5.41) is 16.0. The topological polar surface area (TPSA) is 0 Å². The third-order valence-corrected chi connectivity index (χ3v) is 12.9. The van der Waals surface area contributed by atoms with Gasteiger partial charge in [-0.3, -0.25) is 0 Å². The van der Waals surface area contributed by atoms with E-state index in [-0.39, 0.29) is 10.8 Å². The molecule has 0 amide bonds. The minimum absolute atomic E-state index is 0.106. The summed E-state index contributed by atoms with van der Waals surface area (Å²) in [4.78, 5) is 0. The Hall–Kier alpha value is -6.50. The van der Waals surface area contributed by atoms with Crippen molar-refractivity contribution >= 4 is 64.6 Å². The summed E-state index contributed by atoms with van der Waals surface area (Å²) in [5.74, 6) is 0. The van der Waals surface area contributed by atoms with E-state index in [1.54, 1.807) is 0 Å². The molecule has 11 aromatic rings. The first-order chi connectivity index (χ1) is 28.0. The molecular weight excluding hydrogens is 697 g/mol. The van der Waals surface area contributed by atoms with Crippen molar-refractivity contribution in [3.8, 4) is 44.5 Å². The van der Waals surface area contributed by atoms with Gasteiger partial charge in [-0.1, -0.05) is 211 Å². The van der Waals surface area contributed by atoms with Crippen LogP contribution >= 0.6 is 0 Å². The Morgan fingerprint density at radius 3 is 0.810 bits per heavy atom. The Morgan fingerprint density at radius 1 is 0.241 bits per heavy atom. The highest BCUT2D eigenvalue weighted by Crippen LogP contribution is 2.43. The molecule has 0 aliphatic rings. The van der Waals surface area contributed by atoms with Crippen LogP contribution in [0.5, 0.6) is 0 Å². The zero-order valence-corrected chi connectivity index (χ0v) is 34.2. The second-order valence-electron chi connectivity index (χ2n) is 18.6. The fraction of sp³-hybridized carbons (Fsp3) is 0.138. The van der Waals surface area contributed by atoms with Crippen LogP contribution in [0.4, 0.5) is 0 Å². The lowest BCUT2D eigenvalue weighted by molar-refractivity contribution is 0.591. The average Bonchev–Trinajstić information content (AvgIpc) is 3.24. The maximum atomic E-state index is 2.39. The highest BCUT2D eigenvalue weighted by Gasteiger charge is 2.20. The SMILES string of the molecule is CC(C)(C)c1cc2ccc3ccc(-c4ccc(-c5ccc(-c6ccc(-c7ccc8ccc9cc(C(C)(C)C)cc%10ccc7c8c9%10)cc6)cc5)cc4)c4ccc(c1)c2c34. The fourth-order valence-electron chi connectivity index (χ4n) is 9.55. The molecule has 0 bridgehead atoms. The van der Waals surface area contributed by atoms with Crippen LogP contribution in [0.2, 0.25) is 0 Å². The first kappa shape index (κ1) is 34.7. The van der Waals surface area contributed by atoms with Gasteiger partial charge in [-0.05, 0) is 131 Å². The van der Waals surface area contributed by atoms with E-state index in [2.05, 4.69) is 211 Å². The maximum Gasteiger partial charge on any atom is -0.00206 e. The van der Waals surface area contributed by atoms with Crippen LogP contribution in [0.1, 0.15) is 52.7 Å². The van der Waals surface area contributed by atoms with Crippen molar-refractivity contribution in [3.05, 3.63) is 181 Å². The lowest BCUT2D eigenvalue weighted by atomic mass is 9.82. The van der Waals surface area contributed by atoms with Crippen molar-refractivity contribution in [2.24, 2.45) is 0 Å². The molecule has 58 heavy (non-hydrogen) atoms. The highest BCUT2D eigenvalue weighted by molar-refractivity contribution is 6.27. The van der Waals surface area contributed by atoms with E-state index in [4.69, 9.17) is 0 Å². The van der Waals surface area contributed by atoms with Gasteiger partial charge in [0.25, 0.3) is 0 Å². The van der Waals surface area contributed by atoms with Gasteiger partial charge in [0, 0.05) is 0 Å². The molecule has 0 saturated heterocycles. The Morgan fingerprint density at radius 2 is 0.500 bits per heavy atom. The Labute approximate surface area is 341 Å². The van der Waals surface area contributed by atoms with Crippen LogP contribution < -0.4 is 0 Å². The highest BCUT2D eigenvalue weighted by atomic mass is 14.2. The van der Waals surface area contributed by atoms with Gasteiger partial charge in [0.15, 0.2) is 0 Å². The summed E-state index contributed by atoms with van der Waals surface area (Å²) in [6.45, 7) is 13.8. The molecule has 0 heterocycles. The predicted molar refractivity (Wildman–Crippen MR) is 253 cm³/mol. The second kappa shape index (κ2) is 12.5. The zero-order valence-electron chi connectivity index (χ0n) is 34.2. The van der Waals surface area contributed by atoms with E-state index < -0.39 is 0 Å². The first-order valence-corrected chi connectivity index (χ1v) is 20.7. The van der Waals surface area contributed by atoms with Crippen LogP contribution in [0.3, 0.4) is 0 Å². The summed E-state index contributed by atoms with van der Waals surface area (Å²) >= 11 is 0. The predicted octanol–water partition coefficient (Wildman–Crippen LogP) is 16.7. The number of hydrogen-bond acceptors (Lipinski definition) is 0. The largest absolute Gasteiger partial charge is 0.0561 e.